The maximum absolute atomic E-state index is 11.4. The van der Waals surface area contributed by atoms with Crippen LogP contribution >= 0.6 is 11.8 Å². The summed E-state index contributed by atoms with van der Waals surface area (Å²) >= 11 is 0.794. The Morgan fingerprint density at radius 1 is 1.25 bits per heavy atom. The molecule has 0 heterocycles. The number of rotatable bonds is 3. The molecule has 16 heavy (non-hydrogen) atoms. The number of primary amides is 1. The topological polar surface area (TPSA) is 72.2 Å². The van der Waals surface area contributed by atoms with Gasteiger partial charge in [0.25, 0.3) is 5.24 Å². The molecule has 0 aliphatic heterocycles. The molecule has 0 bridgehead atoms. The fraction of sp³-hybridized carbons (Fsp3) is 0.273. The monoisotopic (exact) mass is 238 g/mol. The highest BCUT2D eigenvalue weighted by Gasteiger charge is 2.05. The average molecular weight is 238 g/mol. The fourth-order valence-corrected chi connectivity index (χ4v) is 1.73. The zero-order valence-corrected chi connectivity index (χ0v) is 10.1. The van der Waals surface area contributed by atoms with Gasteiger partial charge in [0.15, 0.2) is 0 Å². The van der Waals surface area contributed by atoms with Crippen molar-refractivity contribution in [1.29, 1.82) is 0 Å². The summed E-state index contributed by atoms with van der Waals surface area (Å²) in [5.74, 6) is -0.184. The minimum Gasteiger partial charge on any atom is -0.361 e. The van der Waals surface area contributed by atoms with Crippen molar-refractivity contribution in [2.24, 2.45) is 5.73 Å². The van der Waals surface area contributed by atoms with E-state index in [-0.39, 0.29) is 11.7 Å². The van der Waals surface area contributed by atoms with E-state index in [0.717, 1.165) is 28.6 Å². The number of amides is 2. The molecule has 0 saturated heterocycles. The van der Waals surface area contributed by atoms with E-state index in [1.807, 2.05) is 32.0 Å². The minimum absolute atomic E-state index is 0.0440. The first-order chi connectivity index (χ1) is 7.47. The highest BCUT2D eigenvalue weighted by atomic mass is 32.2. The molecule has 1 aromatic carbocycles. The number of nitrogens with two attached hydrogens (primary N) is 1. The molecule has 1 aromatic rings. The van der Waals surface area contributed by atoms with E-state index in [2.05, 4.69) is 5.32 Å². The van der Waals surface area contributed by atoms with Crippen molar-refractivity contribution in [3.05, 3.63) is 29.3 Å². The normalized spacial score (nSPS) is 9.88. The van der Waals surface area contributed by atoms with Crippen molar-refractivity contribution >= 4 is 28.6 Å². The molecule has 0 unspecified atom stereocenters. The number of carbonyl (C=O) groups is 2. The number of nitrogens with one attached hydrogen (secondary N) is 1. The fourth-order valence-electron chi connectivity index (χ4n) is 1.38. The SMILES string of the molecule is Cc1cc(C)cc(NC(=O)CSC(N)=O)c1. The summed E-state index contributed by atoms with van der Waals surface area (Å²) in [6.45, 7) is 3.92. The summed E-state index contributed by atoms with van der Waals surface area (Å²) in [5, 5.41) is 2.17. The van der Waals surface area contributed by atoms with E-state index in [0.29, 0.717) is 0 Å². The second-order valence-electron chi connectivity index (χ2n) is 3.53. The van der Waals surface area contributed by atoms with Crippen LogP contribution < -0.4 is 11.1 Å². The lowest BCUT2D eigenvalue weighted by Gasteiger charge is -2.06. The van der Waals surface area contributed by atoms with Crippen molar-refractivity contribution in [2.75, 3.05) is 11.1 Å². The molecule has 4 nitrogen and oxygen atoms in total. The third kappa shape index (κ3) is 4.35. The van der Waals surface area contributed by atoms with Crippen molar-refractivity contribution in [3.63, 3.8) is 0 Å². The average Bonchev–Trinajstić information content (AvgIpc) is 2.12. The maximum atomic E-state index is 11.4. The highest BCUT2D eigenvalue weighted by molar-refractivity contribution is 8.14. The van der Waals surface area contributed by atoms with Gasteiger partial charge in [-0.15, -0.1) is 0 Å². The first-order valence-corrected chi connectivity index (χ1v) is 5.76. The van der Waals surface area contributed by atoms with Crippen LogP contribution in [0.5, 0.6) is 0 Å². The summed E-state index contributed by atoms with van der Waals surface area (Å²) in [5.41, 5.74) is 7.83. The molecule has 86 valence electrons. The van der Waals surface area contributed by atoms with Crippen LogP contribution in [0.3, 0.4) is 0 Å². The van der Waals surface area contributed by atoms with Gasteiger partial charge in [-0.25, -0.2) is 0 Å². The van der Waals surface area contributed by atoms with Gasteiger partial charge in [-0.3, -0.25) is 9.59 Å². The zero-order valence-electron chi connectivity index (χ0n) is 9.24. The van der Waals surface area contributed by atoms with Crippen LogP contribution in [0, 0.1) is 13.8 Å². The minimum atomic E-state index is -0.546. The lowest BCUT2D eigenvalue weighted by atomic mass is 10.1. The predicted octanol–water partition coefficient (Wildman–Crippen LogP) is 2.05. The number of hydrogen-bond acceptors (Lipinski definition) is 3. The van der Waals surface area contributed by atoms with Crippen molar-refractivity contribution in [3.8, 4) is 0 Å². The van der Waals surface area contributed by atoms with Crippen LogP contribution in [0.4, 0.5) is 10.5 Å². The number of anilines is 1. The summed E-state index contributed by atoms with van der Waals surface area (Å²) in [6.07, 6.45) is 0. The lowest BCUT2D eigenvalue weighted by molar-refractivity contribution is -0.113. The van der Waals surface area contributed by atoms with Crippen LogP contribution in [0.2, 0.25) is 0 Å². The van der Waals surface area contributed by atoms with Crippen LogP contribution in [-0.4, -0.2) is 16.9 Å². The summed E-state index contributed by atoms with van der Waals surface area (Å²) in [7, 11) is 0. The van der Waals surface area contributed by atoms with E-state index in [1.165, 1.54) is 0 Å². The Balaban J connectivity index is 2.59. The molecule has 2 amide bonds. The third-order valence-electron chi connectivity index (χ3n) is 1.85. The van der Waals surface area contributed by atoms with E-state index in [9.17, 15) is 9.59 Å². The van der Waals surface area contributed by atoms with Gasteiger partial charge in [0.05, 0.1) is 5.75 Å². The Morgan fingerprint density at radius 3 is 2.31 bits per heavy atom. The van der Waals surface area contributed by atoms with E-state index >= 15 is 0 Å². The van der Waals surface area contributed by atoms with Crippen molar-refractivity contribution in [1.82, 2.24) is 0 Å². The molecule has 0 spiro atoms. The molecular weight excluding hydrogens is 224 g/mol. The summed E-state index contributed by atoms with van der Waals surface area (Å²) in [4.78, 5) is 21.9. The largest absolute Gasteiger partial charge is 0.361 e. The second kappa shape index (κ2) is 5.55. The predicted molar refractivity (Wildman–Crippen MR) is 66.6 cm³/mol. The second-order valence-corrected chi connectivity index (χ2v) is 4.51. The van der Waals surface area contributed by atoms with Gasteiger partial charge in [-0.1, -0.05) is 17.8 Å². The van der Waals surface area contributed by atoms with Gasteiger partial charge in [0, 0.05) is 5.69 Å². The molecule has 0 saturated carbocycles. The summed E-state index contributed by atoms with van der Waals surface area (Å²) in [6, 6.07) is 5.77. The Kier molecular flexibility index (Phi) is 4.37. The van der Waals surface area contributed by atoms with E-state index < -0.39 is 5.24 Å². The van der Waals surface area contributed by atoms with Gasteiger partial charge < -0.3 is 11.1 Å². The smallest absolute Gasteiger partial charge is 0.276 e. The standard InChI is InChI=1S/C11H14N2O2S/c1-7-3-8(2)5-9(4-7)13-10(14)6-16-11(12)15/h3-5H,6H2,1-2H3,(H2,12,15)(H,13,14). The van der Waals surface area contributed by atoms with E-state index in [1.54, 1.807) is 0 Å². The Morgan fingerprint density at radius 2 is 1.81 bits per heavy atom. The Labute approximate surface area is 98.6 Å². The van der Waals surface area contributed by atoms with Gasteiger partial charge in [-0.05, 0) is 37.1 Å². The molecule has 1 rings (SSSR count). The lowest BCUT2D eigenvalue weighted by Crippen LogP contribution is -2.17. The van der Waals surface area contributed by atoms with Gasteiger partial charge >= 0.3 is 0 Å². The molecule has 0 atom stereocenters. The molecule has 3 N–H and O–H groups in total. The highest BCUT2D eigenvalue weighted by Crippen LogP contribution is 2.14. The number of carbonyl (C=O) groups excluding carboxylic acids is 2. The third-order valence-corrected chi connectivity index (χ3v) is 2.54. The molecule has 0 fully saturated rings. The van der Waals surface area contributed by atoms with E-state index in [4.69, 9.17) is 5.73 Å². The van der Waals surface area contributed by atoms with Crippen LogP contribution in [0.25, 0.3) is 0 Å². The van der Waals surface area contributed by atoms with Crippen molar-refractivity contribution in [2.45, 2.75) is 13.8 Å². The first kappa shape index (κ1) is 12.6. The molecule has 0 radical (unpaired) electrons. The Hall–Kier alpha value is -1.49. The quantitative estimate of drug-likeness (QED) is 0.846. The van der Waals surface area contributed by atoms with Gasteiger partial charge in [0.2, 0.25) is 5.91 Å². The van der Waals surface area contributed by atoms with Crippen LogP contribution in [0.1, 0.15) is 11.1 Å². The number of benzene rings is 1. The number of aryl methyl sites for hydroxylation is 2. The molecule has 0 aliphatic rings. The van der Waals surface area contributed by atoms with Crippen molar-refractivity contribution < 1.29 is 9.59 Å². The Bertz CT molecular complexity index is 398. The first-order valence-electron chi connectivity index (χ1n) is 4.78. The number of thioether (sulfide) groups is 1. The van der Waals surface area contributed by atoms with Crippen LogP contribution in [-0.2, 0) is 4.79 Å². The molecule has 5 heteroatoms. The van der Waals surface area contributed by atoms with Crippen LogP contribution in [0.15, 0.2) is 18.2 Å². The molecular formula is C11H14N2O2S. The number of hydrogen-bond donors (Lipinski definition) is 2. The maximum Gasteiger partial charge on any atom is 0.276 e. The van der Waals surface area contributed by atoms with Gasteiger partial charge in [-0.2, -0.15) is 0 Å². The summed E-state index contributed by atoms with van der Waals surface area (Å²) < 4.78 is 0. The molecule has 0 aromatic heterocycles. The molecule has 0 aliphatic carbocycles. The zero-order chi connectivity index (χ0) is 12.1. The van der Waals surface area contributed by atoms with Gasteiger partial charge in [0.1, 0.15) is 0 Å².